The summed E-state index contributed by atoms with van der Waals surface area (Å²) < 4.78 is 47.6. The Bertz CT molecular complexity index is 1210. The zero-order valence-electron chi connectivity index (χ0n) is 17.4. The number of sulfonamides is 1. The number of para-hydroxylation sites is 3. The number of hydrogen-bond donors (Lipinski definition) is 1. The summed E-state index contributed by atoms with van der Waals surface area (Å²) >= 11 is 0. The molecule has 0 aromatic heterocycles. The van der Waals surface area contributed by atoms with Gasteiger partial charge in [-0.15, -0.1) is 0 Å². The molecule has 0 heterocycles. The molecule has 0 aliphatic carbocycles. The van der Waals surface area contributed by atoms with Crippen molar-refractivity contribution in [2.45, 2.75) is 18.7 Å². The van der Waals surface area contributed by atoms with Gasteiger partial charge in [-0.2, -0.15) is 0 Å². The molecule has 0 radical (unpaired) electrons. The number of aryl methyl sites for hydroxylation is 2. The van der Waals surface area contributed by atoms with Gasteiger partial charge in [0.2, 0.25) is 5.91 Å². The summed E-state index contributed by atoms with van der Waals surface area (Å²) in [5.74, 6) is -1.02. The van der Waals surface area contributed by atoms with E-state index in [0.717, 1.165) is 9.87 Å². The highest BCUT2D eigenvalue weighted by molar-refractivity contribution is 7.93. The monoisotopic (exact) mass is 442 g/mol. The Labute approximate surface area is 181 Å². The van der Waals surface area contributed by atoms with E-state index in [-0.39, 0.29) is 22.0 Å². The van der Waals surface area contributed by atoms with E-state index in [0.29, 0.717) is 5.56 Å². The van der Waals surface area contributed by atoms with Gasteiger partial charge in [-0.1, -0.05) is 36.4 Å². The lowest BCUT2D eigenvalue weighted by Gasteiger charge is -2.26. The van der Waals surface area contributed by atoms with Crippen LogP contribution in [0.1, 0.15) is 11.1 Å². The molecule has 3 aromatic rings. The Morgan fingerprint density at radius 3 is 2.42 bits per heavy atom. The lowest BCUT2D eigenvalue weighted by atomic mass is 10.2. The van der Waals surface area contributed by atoms with Gasteiger partial charge in [0, 0.05) is 0 Å². The molecule has 1 N–H and O–H groups in total. The molecule has 8 heteroatoms. The lowest BCUT2D eigenvalue weighted by molar-refractivity contribution is -0.114. The van der Waals surface area contributed by atoms with E-state index >= 15 is 0 Å². The van der Waals surface area contributed by atoms with Gasteiger partial charge in [-0.3, -0.25) is 9.10 Å². The van der Waals surface area contributed by atoms with Gasteiger partial charge in [0.05, 0.1) is 23.4 Å². The highest BCUT2D eigenvalue weighted by atomic mass is 32.2. The fourth-order valence-corrected chi connectivity index (χ4v) is 4.87. The Balaban J connectivity index is 2.06. The van der Waals surface area contributed by atoms with Crippen LogP contribution in [-0.4, -0.2) is 28.0 Å². The molecule has 0 spiro atoms. The second-order valence-corrected chi connectivity index (χ2v) is 8.81. The normalized spacial score (nSPS) is 11.1. The molecule has 0 fully saturated rings. The standard InChI is InChI=1S/C23H23FN2O4S/c1-16-12-13-17(2)22(14-16)31(28,29)26(20-10-6-7-11-21(20)30-3)15-23(27)25-19-9-5-4-8-18(19)24/h4-14H,15H2,1-3H3,(H,25,27). The third-order valence-corrected chi connectivity index (χ3v) is 6.60. The number of carbonyl (C=O) groups is 1. The number of nitrogens with one attached hydrogen (secondary N) is 1. The van der Waals surface area contributed by atoms with Crippen molar-refractivity contribution >= 4 is 27.3 Å². The highest BCUT2D eigenvalue weighted by Gasteiger charge is 2.30. The van der Waals surface area contributed by atoms with Gasteiger partial charge in [0.15, 0.2) is 0 Å². The summed E-state index contributed by atoms with van der Waals surface area (Å²) in [5.41, 5.74) is 1.48. The average molecular weight is 443 g/mol. The summed E-state index contributed by atoms with van der Waals surface area (Å²) in [6.45, 7) is 2.91. The zero-order valence-corrected chi connectivity index (χ0v) is 18.2. The summed E-state index contributed by atoms with van der Waals surface area (Å²) in [4.78, 5) is 12.8. The van der Waals surface area contributed by atoms with Crippen molar-refractivity contribution in [1.29, 1.82) is 0 Å². The molecule has 0 aliphatic heterocycles. The Morgan fingerprint density at radius 1 is 1.03 bits per heavy atom. The minimum Gasteiger partial charge on any atom is -0.495 e. The highest BCUT2D eigenvalue weighted by Crippen LogP contribution is 2.33. The first-order chi connectivity index (χ1) is 14.7. The fraction of sp³-hybridized carbons (Fsp3) is 0.174. The lowest BCUT2D eigenvalue weighted by Crippen LogP contribution is -2.38. The molecule has 1 amide bonds. The molecule has 3 aromatic carbocycles. The van der Waals surface area contributed by atoms with Crippen LogP contribution in [0.4, 0.5) is 15.8 Å². The van der Waals surface area contributed by atoms with Gasteiger partial charge in [-0.25, -0.2) is 12.8 Å². The quantitative estimate of drug-likeness (QED) is 0.592. The molecule has 0 atom stereocenters. The molecule has 0 unspecified atom stereocenters. The van der Waals surface area contributed by atoms with Crippen molar-refractivity contribution in [3.05, 3.63) is 83.7 Å². The molecule has 3 rings (SSSR count). The molecule has 31 heavy (non-hydrogen) atoms. The van der Waals surface area contributed by atoms with Crippen molar-refractivity contribution in [2.75, 3.05) is 23.3 Å². The third-order valence-electron chi connectivity index (χ3n) is 4.70. The van der Waals surface area contributed by atoms with Crippen LogP contribution in [0.25, 0.3) is 0 Å². The van der Waals surface area contributed by atoms with Crippen LogP contribution in [0.3, 0.4) is 0 Å². The van der Waals surface area contributed by atoms with E-state index in [1.165, 1.54) is 25.3 Å². The first kappa shape index (κ1) is 22.3. The summed E-state index contributed by atoms with van der Waals surface area (Å²) in [5, 5.41) is 2.44. The van der Waals surface area contributed by atoms with Crippen molar-refractivity contribution in [3.63, 3.8) is 0 Å². The summed E-state index contributed by atoms with van der Waals surface area (Å²) in [6, 6.07) is 17.3. The maximum absolute atomic E-state index is 14.0. The van der Waals surface area contributed by atoms with E-state index in [1.807, 2.05) is 6.07 Å². The van der Waals surface area contributed by atoms with E-state index in [1.54, 1.807) is 56.3 Å². The van der Waals surface area contributed by atoms with Crippen LogP contribution < -0.4 is 14.4 Å². The Kier molecular flexibility index (Phi) is 6.60. The molecule has 0 saturated heterocycles. The van der Waals surface area contributed by atoms with Gasteiger partial charge < -0.3 is 10.1 Å². The van der Waals surface area contributed by atoms with Crippen LogP contribution in [0.2, 0.25) is 0 Å². The maximum atomic E-state index is 14.0. The fourth-order valence-electron chi connectivity index (χ4n) is 3.12. The number of carbonyl (C=O) groups excluding carboxylic acids is 1. The molecular formula is C23H23FN2O4S. The number of nitrogens with zero attached hydrogens (tertiary/aromatic N) is 1. The van der Waals surface area contributed by atoms with Crippen LogP contribution in [0, 0.1) is 19.7 Å². The van der Waals surface area contributed by atoms with Crippen molar-refractivity contribution in [2.24, 2.45) is 0 Å². The van der Waals surface area contributed by atoms with Crippen LogP contribution in [-0.2, 0) is 14.8 Å². The number of methoxy groups -OCH3 is 1. The van der Waals surface area contributed by atoms with Gasteiger partial charge >= 0.3 is 0 Å². The first-order valence-electron chi connectivity index (χ1n) is 9.51. The topological polar surface area (TPSA) is 75.7 Å². The smallest absolute Gasteiger partial charge is 0.265 e. The van der Waals surface area contributed by atoms with Crippen LogP contribution >= 0.6 is 0 Å². The number of anilines is 2. The third kappa shape index (κ3) is 4.86. The number of amides is 1. The SMILES string of the molecule is COc1ccccc1N(CC(=O)Nc1ccccc1F)S(=O)(=O)c1cc(C)ccc1C. The van der Waals surface area contributed by atoms with E-state index in [4.69, 9.17) is 4.74 Å². The number of halogens is 1. The number of ether oxygens (including phenoxy) is 1. The van der Waals surface area contributed by atoms with E-state index < -0.39 is 28.3 Å². The summed E-state index contributed by atoms with van der Waals surface area (Å²) in [7, 11) is -2.72. The molecular weight excluding hydrogens is 419 g/mol. The number of benzene rings is 3. The van der Waals surface area contributed by atoms with E-state index in [9.17, 15) is 17.6 Å². The minimum absolute atomic E-state index is 0.0309. The van der Waals surface area contributed by atoms with Crippen molar-refractivity contribution in [1.82, 2.24) is 0 Å². The van der Waals surface area contributed by atoms with Crippen molar-refractivity contribution < 1.29 is 22.3 Å². The molecule has 162 valence electrons. The summed E-state index contributed by atoms with van der Waals surface area (Å²) in [6.07, 6.45) is 0. The number of hydrogen-bond acceptors (Lipinski definition) is 4. The van der Waals surface area contributed by atoms with Crippen LogP contribution in [0.15, 0.2) is 71.6 Å². The number of rotatable bonds is 7. The zero-order chi connectivity index (χ0) is 22.6. The second-order valence-electron chi connectivity index (χ2n) is 6.98. The Morgan fingerprint density at radius 2 is 1.71 bits per heavy atom. The van der Waals surface area contributed by atoms with E-state index in [2.05, 4.69) is 5.32 Å². The Hall–Kier alpha value is -3.39. The molecule has 0 saturated carbocycles. The van der Waals surface area contributed by atoms with Gasteiger partial charge in [-0.05, 0) is 55.3 Å². The molecule has 0 bridgehead atoms. The molecule has 6 nitrogen and oxygen atoms in total. The maximum Gasteiger partial charge on any atom is 0.265 e. The average Bonchev–Trinajstić information content (AvgIpc) is 2.75. The predicted octanol–water partition coefficient (Wildman–Crippen LogP) is 4.29. The van der Waals surface area contributed by atoms with Gasteiger partial charge in [0.25, 0.3) is 10.0 Å². The van der Waals surface area contributed by atoms with Crippen LogP contribution in [0.5, 0.6) is 5.75 Å². The minimum atomic E-state index is -4.14. The first-order valence-corrected chi connectivity index (χ1v) is 11.0. The van der Waals surface area contributed by atoms with Gasteiger partial charge in [0.1, 0.15) is 18.1 Å². The largest absolute Gasteiger partial charge is 0.495 e. The van der Waals surface area contributed by atoms with Crippen molar-refractivity contribution in [3.8, 4) is 5.75 Å². The molecule has 0 aliphatic rings. The second kappa shape index (κ2) is 9.18. The predicted molar refractivity (Wildman–Crippen MR) is 118 cm³/mol.